The van der Waals surface area contributed by atoms with Crippen molar-refractivity contribution in [3.05, 3.63) is 24.3 Å². The lowest BCUT2D eigenvalue weighted by molar-refractivity contribution is -0.138. The highest BCUT2D eigenvalue weighted by Gasteiger charge is 2.30. The van der Waals surface area contributed by atoms with Crippen molar-refractivity contribution in [2.75, 3.05) is 18.0 Å². The molecule has 5 nitrogen and oxygen atoms in total. The Morgan fingerprint density at radius 1 is 1.30 bits per heavy atom. The maximum atomic E-state index is 12.4. The van der Waals surface area contributed by atoms with E-state index in [1.165, 1.54) is 12.1 Å². The average Bonchev–Trinajstić information content (AvgIpc) is 2.33. The normalized spacial score (nSPS) is 16.2. The first-order valence-electron chi connectivity index (χ1n) is 5.89. The zero-order valence-corrected chi connectivity index (χ0v) is 11.2. The molecule has 1 heterocycles. The molecule has 0 amide bonds. The molecule has 1 aliphatic heterocycles. The van der Waals surface area contributed by atoms with E-state index in [4.69, 9.17) is 5.11 Å². The zero-order valence-electron chi connectivity index (χ0n) is 10.4. The molecule has 1 saturated heterocycles. The Labute approximate surface area is 114 Å². The first-order chi connectivity index (χ1) is 9.30. The monoisotopic (exact) mass is 305 g/mol. The average molecular weight is 305 g/mol. The van der Waals surface area contributed by atoms with Gasteiger partial charge in [0.2, 0.25) is 9.84 Å². The number of hydrogen-bond donors (Lipinski definition) is 1. The lowest BCUT2D eigenvalue weighted by Crippen LogP contribution is -2.47. The van der Waals surface area contributed by atoms with E-state index in [2.05, 4.69) is 0 Å². The molecule has 0 bridgehead atoms. The van der Waals surface area contributed by atoms with Gasteiger partial charge in [0.1, 0.15) is 0 Å². The maximum Gasteiger partial charge on any atom is 0.341 e. The van der Waals surface area contributed by atoms with E-state index in [1.54, 1.807) is 0 Å². The summed E-state index contributed by atoms with van der Waals surface area (Å²) < 4.78 is 47.2. The topological polar surface area (TPSA) is 74.7 Å². The Bertz CT molecular complexity index is 594. The van der Waals surface area contributed by atoms with Crippen molar-refractivity contribution < 1.29 is 27.1 Å². The van der Waals surface area contributed by atoms with Crippen LogP contribution in [0.1, 0.15) is 6.42 Å². The Kier molecular flexibility index (Phi) is 3.94. The van der Waals surface area contributed by atoms with Crippen LogP contribution in [0.3, 0.4) is 0 Å². The molecule has 20 heavy (non-hydrogen) atoms. The quantitative estimate of drug-likeness (QED) is 0.894. The number of carboxylic acid groups (broad SMARTS) is 1. The molecule has 0 aliphatic carbocycles. The molecule has 8 heteroatoms. The van der Waals surface area contributed by atoms with E-state index in [9.17, 15) is 22.0 Å². The van der Waals surface area contributed by atoms with Crippen LogP contribution in [0.25, 0.3) is 0 Å². The fourth-order valence-corrected chi connectivity index (χ4v) is 2.83. The van der Waals surface area contributed by atoms with Crippen molar-refractivity contribution in [2.24, 2.45) is 5.92 Å². The molecule has 1 aliphatic rings. The standard InChI is InChI=1S/C12H13F2NO4S/c13-12(14)20(18,19)10-3-1-9(2-4-10)15-6-8(7-15)5-11(16)17/h1-4,8,12H,5-7H2,(H,16,17). The van der Waals surface area contributed by atoms with Crippen LogP contribution in [-0.2, 0) is 14.6 Å². The van der Waals surface area contributed by atoms with Gasteiger partial charge < -0.3 is 10.0 Å². The SMILES string of the molecule is O=C(O)CC1CN(c2ccc(S(=O)(=O)C(F)F)cc2)C1. The van der Waals surface area contributed by atoms with Gasteiger partial charge in [-0.05, 0) is 24.3 Å². The second kappa shape index (κ2) is 5.35. The minimum absolute atomic E-state index is 0.0666. The smallest absolute Gasteiger partial charge is 0.341 e. The minimum atomic E-state index is -4.56. The second-order valence-electron chi connectivity index (χ2n) is 4.67. The van der Waals surface area contributed by atoms with Gasteiger partial charge in [0.15, 0.2) is 0 Å². The summed E-state index contributed by atoms with van der Waals surface area (Å²) in [5, 5.41) is 8.63. The largest absolute Gasteiger partial charge is 0.481 e. The first-order valence-corrected chi connectivity index (χ1v) is 7.44. The highest BCUT2D eigenvalue weighted by Crippen LogP contribution is 2.28. The Hall–Kier alpha value is -1.70. The fourth-order valence-electron chi connectivity index (χ4n) is 2.11. The van der Waals surface area contributed by atoms with Crippen LogP contribution in [0.15, 0.2) is 29.2 Å². The highest BCUT2D eigenvalue weighted by molar-refractivity contribution is 7.91. The predicted octanol–water partition coefficient (Wildman–Crippen LogP) is 1.59. The number of benzene rings is 1. The molecule has 0 unspecified atom stereocenters. The molecule has 110 valence electrons. The molecular weight excluding hydrogens is 292 g/mol. The minimum Gasteiger partial charge on any atom is -0.481 e. The van der Waals surface area contributed by atoms with Crippen LogP contribution in [-0.4, -0.2) is 38.3 Å². The molecule has 1 aromatic rings. The van der Waals surface area contributed by atoms with Crippen molar-refractivity contribution in [3.63, 3.8) is 0 Å². The van der Waals surface area contributed by atoms with Crippen LogP contribution in [0.2, 0.25) is 0 Å². The van der Waals surface area contributed by atoms with Gasteiger partial charge in [-0.1, -0.05) is 0 Å². The Morgan fingerprint density at radius 3 is 2.30 bits per heavy atom. The highest BCUT2D eigenvalue weighted by atomic mass is 32.2. The zero-order chi connectivity index (χ0) is 14.9. The molecule has 0 radical (unpaired) electrons. The van der Waals surface area contributed by atoms with Gasteiger partial charge >= 0.3 is 11.7 Å². The number of alkyl halides is 2. The third kappa shape index (κ3) is 2.90. The number of aliphatic carboxylic acids is 1. The van der Waals surface area contributed by atoms with Gasteiger partial charge in [-0.25, -0.2) is 8.42 Å². The maximum absolute atomic E-state index is 12.4. The van der Waals surface area contributed by atoms with Crippen molar-refractivity contribution in [3.8, 4) is 0 Å². The van der Waals surface area contributed by atoms with E-state index >= 15 is 0 Å². The van der Waals surface area contributed by atoms with Crippen LogP contribution in [0, 0.1) is 5.92 Å². The van der Waals surface area contributed by atoms with Gasteiger partial charge in [-0.15, -0.1) is 0 Å². The number of hydrogen-bond acceptors (Lipinski definition) is 4. The van der Waals surface area contributed by atoms with E-state index in [-0.39, 0.29) is 12.3 Å². The van der Waals surface area contributed by atoms with Crippen LogP contribution < -0.4 is 4.90 Å². The van der Waals surface area contributed by atoms with Crippen molar-refractivity contribution in [2.45, 2.75) is 17.1 Å². The molecule has 0 aromatic heterocycles. The summed E-state index contributed by atoms with van der Waals surface area (Å²) in [6.07, 6.45) is 0.0916. The molecule has 0 spiro atoms. The van der Waals surface area contributed by atoms with Gasteiger partial charge in [-0.3, -0.25) is 4.79 Å². The molecule has 2 rings (SSSR count). The number of sulfone groups is 1. The first kappa shape index (κ1) is 14.7. The number of carbonyl (C=O) groups is 1. The van der Waals surface area contributed by atoms with Gasteiger partial charge in [0, 0.05) is 24.7 Å². The predicted molar refractivity (Wildman–Crippen MR) is 67.6 cm³/mol. The van der Waals surface area contributed by atoms with Crippen molar-refractivity contribution >= 4 is 21.5 Å². The Balaban J connectivity index is 2.02. The lowest BCUT2D eigenvalue weighted by atomic mass is 9.96. The summed E-state index contributed by atoms with van der Waals surface area (Å²) in [6.45, 7) is 1.13. The number of carboxylic acids is 1. The third-order valence-electron chi connectivity index (χ3n) is 3.19. The van der Waals surface area contributed by atoms with E-state index in [1.807, 2.05) is 4.90 Å². The summed E-state index contributed by atoms with van der Waals surface area (Å²) in [6, 6.07) is 5.18. The Morgan fingerprint density at radius 2 is 1.85 bits per heavy atom. The van der Waals surface area contributed by atoms with Crippen molar-refractivity contribution in [1.82, 2.24) is 0 Å². The number of nitrogens with zero attached hydrogens (tertiary/aromatic N) is 1. The van der Waals surface area contributed by atoms with Gasteiger partial charge in [-0.2, -0.15) is 8.78 Å². The third-order valence-corrected chi connectivity index (χ3v) is 4.58. The van der Waals surface area contributed by atoms with Gasteiger partial charge in [0.25, 0.3) is 0 Å². The molecule has 0 saturated carbocycles. The van der Waals surface area contributed by atoms with Crippen LogP contribution in [0.4, 0.5) is 14.5 Å². The summed E-state index contributed by atoms with van der Waals surface area (Å²) >= 11 is 0. The molecular formula is C12H13F2NO4S. The summed E-state index contributed by atoms with van der Waals surface area (Å²) in [5.41, 5.74) is 0.694. The van der Waals surface area contributed by atoms with Crippen LogP contribution >= 0.6 is 0 Å². The summed E-state index contributed by atoms with van der Waals surface area (Å²) in [5.74, 6) is -4.22. The van der Waals surface area contributed by atoms with E-state index in [0.717, 1.165) is 12.1 Å². The fraction of sp³-hybridized carbons (Fsp3) is 0.417. The number of anilines is 1. The summed E-state index contributed by atoms with van der Waals surface area (Å²) in [4.78, 5) is 12.0. The summed E-state index contributed by atoms with van der Waals surface area (Å²) in [7, 11) is -4.56. The van der Waals surface area contributed by atoms with Crippen molar-refractivity contribution in [1.29, 1.82) is 0 Å². The number of rotatable bonds is 5. The number of halogens is 2. The second-order valence-corrected chi connectivity index (χ2v) is 6.59. The molecule has 1 aromatic carbocycles. The molecule has 1 N–H and O–H groups in total. The van der Waals surface area contributed by atoms with E-state index < -0.39 is 26.5 Å². The van der Waals surface area contributed by atoms with Gasteiger partial charge in [0.05, 0.1) is 11.3 Å². The molecule has 0 atom stereocenters. The lowest BCUT2D eigenvalue weighted by Gasteiger charge is -2.40. The van der Waals surface area contributed by atoms with Crippen LogP contribution in [0.5, 0.6) is 0 Å². The molecule has 1 fully saturated rings. The van der Waals surface area contributed by atoms with E-state index in [0.29, 0.717) is 18.8 Å².